The van der Waals surface area contributed by atoms with Crippen LogP contribution in [0.1, 0.15) is 21.6 Å². The molecule has 0 amide bonds. The molecule has 1 heterocycles. The Morgan fingerprint density at radius 3 is 2.54 bits per heavy atom. The van der Waals surface area contributed by atoms with E-state index in [1.807, 2.05) is 24.3 Å². The smallest absolute Gasteiger partial charge is 0.352 e. The van der Waals surface area contributed by atoms with Gasteiger partial charge in [-0.3, -0.25) is 5.41 Å². The number of carboxylic acids is 1. The summed E-state index contributed by atoms with van der Waals surface area (Å²) in [6.07, 6.45) is 0. The molecule has 6 N–H and O–H groups in total. The molecule has 0 saturated carbocycles. The number of rotatable bonds is 6. The van der Waals surface area contributed by atoms with E-state index in [1.54, 1.807) is 47.0 Å². The molecule has 5 aromatic rings. The van der Waals surface area contributed by atoms with E-state index in [9.17, 15) is 14.3 Å². The van der Waals surface area contributed by atoms with Crippen molar-refractivity contribution in [3.63, 3.8) is 0 Å². The summed E-state index contributed by atoms with van der Waals surface area (Å²) in [5, 5.41) is 20.1. The number of carbonyl (C=O) groups is 1. The number of nitrogens with one attached hydrogen (secondary N) is 1. The Morgan fingerprint density at radius 1 is 1.00 bits per heavy atom. The van der Waals surface area contributed by atoms with Gasteiger partial charge in [-0.2, -0.15) is 0 Å². The fourth-order valence-electron chi connectivity index (χ4n) is 4.22. The number of nitrogen functional groups attached to an aromatic ring is 2. The van der Waals surface area contributed by atoms with Gasteiger partial charge in [0.25, 0.3) is 0 Å². The molecule has 0 aliphatic rings. The minimum absolute atomic E-state index is 0.0316. The SMILES string of the molecule is N=C(N)c1ccc2cc(C(=O)O)n(Cc3cc(Oc4ccc(N)cc4F)cc4ccccc34)c2c1. The Balaban J connectivity index is 1.66. The maximum Gasteiger partial charge on any atom is 0.352 e. The second-order valence-corrected chi connectivity index (χ2v) is 8.20. The summed E-state index contributed by atoms with van der Waals surface area (Å²) in [6, 6.07) is 22.1. The first-order valence-electron chi connectivity index (χ1n) is 10.8. The zero-order valence-electron chi connectivity index (χ0n) is 18.5. The number of carboxylic acid groups (broad SMARTS) is 1. The molecule has 0 aliphatic carbocycles. The van der Waals surface area contributed by atoms with Crippen molar-refractivity contribution in [2.45, 2.75) is 6.54 Å². The van der Waals surface area contributed by atoms with E-state index >= 15 is 0 Å². The van der Waals surface area contributed by atoms with Crippen molar-refractivity contribution in [2.24, 2.45) is 5.73 Å². The van der Waals surface area contributed by atoms with Crippen LogP contribution in [0.15, 0.2) is 78.9 Å². The van der Waals surface area contributed by atoms with Gasteiger partial charge in [-0.25, -0.2) is 9.18 Å². The van der Waals surface area contributed by atoms with Crippen LogP contribution in [0.4, 0.5) is 10.1 Å². The Morgan fingerprint density at radius 2 is 1.80 bits per heavy atom. The lowest BCUT2D eigenvalue weighted by Crippen LogP contribution is -2.12. The van der Waals surface area contributed by atoms with E-state index in [-0.39, 0.29) is 23.8 Å². The van der Waals surface area contributed by atoms with Crippen LogP contribution in [0.25, 0.3) is 21.7 Å². The number of nitrogens with zero attached hydrogens (tertiary/aromatic N) is 1. The summed E-state index contributed by atoms with van der Waals surface area (Å²) in [4.78, 5) is 12.1. The third-order valence-corrected chi connectivity index (χ3v) is 5.87. The monoisotopic (exact) mass is 468 g/mol. The Labute approximate surface area is 199 Å². The molecule has 4 aromatic carbocycles. The molecule has 0 bridgehead atoms. The predicted molar refractivity (Wildman–Crippen MR) is 134 cm³/mol. The first kappa shape index (κ1) is 22.0. The molecular formula is C27H21FN4O3. The lowest BCUT2D eigenvalue weighted by atomic mass is 10.0. The largest absolute Gasteiger partial charge is 0.477 e. The van der Waals surface area contributed by atoms with E-state index in [2.05, 4.69) is 0 Å². The molecule has 1 aromatic heterocycles. The predicted octanol–water partition coefficient (Wildman–Crippen LogP) is 5.34. The fourth-order valence-corrected chi connectivity index (χ4v) is 4.22. The van der Waals surface area contributed by atoms with Crippen LogP contribution in [0.5, 0.6) is 11.5 Å². The molecule has 0 aliphatic heterocycles. The Bertz CT molecular complexity index is 1640. The number of benzene rings is 4. The van der Waals surface area contributed by atoms with Crippen molar-refractivity contribution in [1.82, 2.24) is 4.57 Å². The van der Waals surface area contributed by atoms with E-state index in [4.69, 9.17) is 21.6 Å². The number of hydrogen-bond donors (Lipinski definition) is 4. The molecule has 35 heavy (non-hydrogen) atoms. The van der Waals surface area contributed by atoms with Crippen molar-refractivity contribution < 1.29 is 19.0 Å². The van der Waals surface area contributed by atoms with Crippen LogP contribution in [-0.4, -0.2) is 21.5 Å². The molecule has 0 radical (unpaired) electrons. The van der Waals surface area contributed by atoms with Gasteiger partial charge in [-0.15, -0.1) is 0 Å². The van der Waals surface area contributed by atoms with Gasteiger partial charge in [-0.1, -0.05) is 36.4 Å². The van der Waals surface area contributed by atoms with Gasteiger partial charge < -0.3 is 25.9 Å². The van der Waals surface area contributed by atoms with Crippen molar-refractivity contribution >= 4 is 39.2 Å². The van der Waals surface area contributed by atoms with Crippen LogP contribution in [-0.2, 0) is 6.54 Å². The lowest BCUT2D eigenvalue weighted by molar-refractivity contribution is 0.0686. The molecular weight excluding hydrogens is 447 g/mol. The zero-order chi connectivity index (χ0) is 24.7. The molecule has 8 heteroatoms. The second kappa shape index (κ2) is 8.49. The number of amidine groups is 1. The number of anilines is 1. The van der Waals surface area contributed by atoms with Gasteiger partial charge in [0.2, 0.25) is 0 Å². The summed E-state index contributed by atoms with van der Waals surface area (Å²) in [5.41, 5.74) is 13.6. The molecule has 0 saturated heterocycles. The van der Waals surface area contributed by atoms with Crippen LogP contribution >= 0.6 is 0 Å². The number of aromatic carboxylic acids is 1. The van der Waals surface area contributed by atoms with Crippen molar-refractivity contribution in [3.05, 3.63) is 102 Å². The van der Waals surface area contributed by atoms with Gasteiger partial charge in [-0.05, 0) is 52.7 Å². The number of halogens is 1. The number of aromatic nitrogens is 1. The Kier molecular flexibility index (Phi) is 5.33. The van der Waals surface area contributed by atoms with E-state index in [0.717, 1.165) is 16.3 Å². The van der Waals surface area contributed by atoms with E-state index < -0.39 is 11.8 Å². The second-order valence-electron chi connectivity index (χ2n) is 8.20. The first-order chi connectivity index (χ1) is 16.8. The third-order valence-electron chi connectivity index (χ3n) is 5.87. The van der Waals surface area contributed by atoms with Gasteiger partial charge in [0.15, 0.2) is 11.6 Å². The highest BCUT2D eigenvalue weighted by Gasteiger charge is 2.18. The summed E-state index contributed by atoms with van der Waals surface area (Å²) in [5.74, 6) is -1.33. The molecule has 0 unspecified atom stereocenters. The number of ether oxygens (including phenoxy) is 1. The average Bonchev–Trinajstić information content (AvgIpc) is 3.19. The highest BCUT2D eigenvalue weighted by molar-refractivity contribution is 6.01. The first-order valence-corrected chi connectivity index (χ1v) is 10.8. The number of nitrogens with two attached hydrogens (primary N) is 2. The standard InChI is InChI=1S/C27H21FN4O3/c28-22-13-19(29)7-8-25(22)35-20-9-15-3-1-2-4-21(15)18(10-20)14-32-23-12-17(26(30)31)6-5-16(23)11-24(32)27(33)34/h1-13H,14,29H2,(H3,30,31)(H,33,34). The van der Waals surface area contributed by atoms with Crippen LogP contribution < -0.4 is 16.2 Å². The zero-order valence-corrected chi connectivity index (χ0v) is 18.5. The Hall–Kier alpha value is -4.85. The van der Waals surface area contributed by atoms with E-state index in [1.165, 1.54) is 12.1 Å². The maximum atomic E-state index is 14.4. The van der Waals surface area contributed by atoms with Crippen LogP contribution in [0.3, 0.4) is 0 Å². The topological polar surface area (TPSA) is 127 Å². The minimum atomic E-state index is -1.08. The molecule has 5 rings (SSSR count). The van der Waals surface area contributed by atoms with Gasteiger partial charge >= 0.3 is 5.97 Å². The summed E-state index contributed by atoms with van der Waals surface area (Å²) < 4.78 is 21.9. The normalized spacial score (nSPS) is 11.1. The van der Waals surface area contributed by atoms with Crippen molar-refractivity contribution in [3.8, 4) is 11.5 Å². The highest BCUT2D eigenvalue weighted by Crippen LogP contribution is 2.32. The highest BCUT2D eigenvalue weighted by atomic mass is 19.1. The van der Waals surface area contributed by atoms with Gasteiger partial charge in [0.1, 0.15) is 17.3 Å². The van der Waals surface area contributed by atoms with Crippen molar-refractivity contribution in [2.75, 3.05) is 5.73 Å². The molecule has 0 atom stereocenters. The lowest BCUT2D eigenvalue weighted by Gasteiger charge is -2.15. The number of hydrogen-bond acceptors (Lipinski definition) is 4. The maximum absolute atomic E-state index is 14.4. The molecule has 174 valence electrons. The van der Waals surface area contributed by atoms with Crippen LogP contribution in [0, 0.1) is 11.2 Å². The summed E-state index contributed by atoms with van der Waals surface area (Å²) in [6.45, 7) is 0.203. The van der Waals surface area contributed by atoms with E-state index in [0.29, 0.717) is 27.9 Å². The summed E-state index contributed by atoms with van der Waals surface area (Å²) >= 11 is 0. The minimum Gasteiger partial charge on any atom is -0.477 e. The van der Waals surface area contributed by atoms with Gasteiger partial charge in [0.05, 0.1) is 0 Å². The molecule has 0 fully saturated rings. The van der Waals surface area contributed by atoms with Gasteiger partial charge in [0, 0.05) is 34.8 Å². The van der Waals surface area contributed by atoms with Crippen molar-refractivity contribution in [1.29, 1.82) is 5.41 Å². The summed E-state index contributed by atoms with van der Waals surface area (Å²) in [7, 11) is 0. The fraction of sp³-hybridized carbons (Fsp3) is 0.0370. The van der Waals surface area contributed by atoms with Crippen LogP contribution in [0.2, 0.25) is 0 Å². The average molecular weight is 468 g/mol. The quantitative estimate of drug-likeness (QED) is 0.152. The molecule has 7 nitrogen and oxygen atoms in total. The molecule has 0 spiro atoms. The number of fused-ring (bicyclic) bond motifs is 2. The third kappa shape index (κ3) is 4.13.